The molecule has 0 radical (unpaired) electrons. The molecular formula is C32H35NO5. The molecule has 1 unspecified atom stereocenters. The number of ketones is 1. The molecule has 0 spiro atoms. The average Bonchev–Trinajstić information content (AvgIpc) is 3.14. The average molecular weight is 514 g/mol. The van der Waals surface area contributed by atoms with Crippen LogP contribution in [0.15, 0.2) is 72.3 Å². The van der Waals surface area contributed by atoms with Crippen molar-refractivity contribution in [2.45, 2.75) is 59.1 Å². The summed E-state index contributed by atoms with van der Waals surface area (Å²) in [4.78, 5) is 28.5. The molecule has 198 valence electrons. The summed E-state index contributed by atoms with van der Waals surface area (Å²) in [5.74, 6) is -0.496. The summed E-state index contributed by atoms with van der Waals surface area (Å²) < 4.78 is 11.4. The number of methoxy groups -OCH3 is 1. The maximum atomic E-state index is 13.5. The fourth-order valence-corrected chi connectivity index (χ4v) is 4.75. The summed E-state index contributed by atoms with van der Waals surface area (Å²) in [6.07, 6.45) is -0.00584. The monoisotopic (exact) mass is 513 g/mol. The van der Waals surface area contributed by atoms with Crippen LogP contribution in [0.5, 0.6) is 11.5 Å². The molecule has 0 aromatic heterocycles. The molecule has 1 aliphatic heterocycles. The van der Waals surface area contributed by atoms with E-state index in [1.165, 1.54) is 4.90 Å². The number of rotatable bonds is 6. The van der Waals surface area contributed by atoms with Crippen LogP contribution >= 0.6 is 0 Å². The van der Waals surface area contributed by atoms with Gasteiger partial charge in [0.05, 0.1) is 24.8 Å². The van der Waals surface area contributed by atoms with Crippen molar-refractivity contribution in [3.63, 3.8) is 0 Å². The molecule has 1 N–H and O–H groups in total. The van der Waals surface area contributed by atoms with E-state index in [-0.39, 0.29) is 22.9 Å². The Balaban J connectivity index is 1.91. The van der Waals surface area contributed by atoms with Crippen LogP contribution in [0.2, 0.25) is 0 Å². The molecule has 4 rings (SSSR count). The summed E-state index contributed by atoms with van der Waals surface area (Å²) in [6, 6.07) is 19.2. The predicted octanol–water partition coefficient (Wildman–Crippen LogP) is 6.71. The van der Waals surface area contributed by atoms with E-state index in [0.717, 1.165) is 11.1 Å². The van der Waals surface area contributed by atoms with Crippen molar-refractivity contribution in [2.75, 3.05) is 12.0 Å². The van der Waals surface area contributed by atoms with Crippen molar-refractivity contribution in [1.29, 1.82) is 0 Å². The smallest absolute Gasteiger partial charge is 0.300 e. The van der Waals surface area contributed by atoms with Crippen molar-refractivity contribution >= 4 is 23.1 Å². The molecule has 1 atom stereocenters. The van der Waals surface area contributed by atoms with Crippen molar-refractivity contribution in [2.24, 2.45) is 0 Å². The first kappa shape index (κ1) is 27.0. The highest BCUT2D eigenvalue weighted by Gasteiger charge is 2.48. The minimum absolute atomic E-state index is 0.00584. The number of amides is 1. The number of hydrogen-bond donors (Lipinski definition) is 1. The third kappa shape index (κ3) is 5.03. The molecule has 6 nitrogen and oxygen atoms in total. The van der Waals surface area contributed by atoms with E-state index in [9.17, 15) is 14.7 Å². The molecule has 1 heterocycles. The largest absolute Gasteiger partial charge is 0.507 e. The fourth-order valence-electron chi connectivity index (χ4n) is 4.75. The lowest BCUT2D eigenvalue weighted by atomic mass is 9.87. The summed E-state index contributed by atoms with van der Waals surface area (Å²) in [6.45, 7) is 12.1. The Morgan fingerprint density at radius 2 is 1.61 bits per heavy atom. The van der Waals surface area contributed by atoms with Crippen LogP contribution in [0.3, 0.4) is 0 Å². The zero-order valence-corrected chi connectivity index (χ0v) is 23.0. The number of aliphatic hydroxyl groups is 1. The van der Waals surface area contributed by atoms with E-state index in [1.54, 1.807) is 31.4 Å². The standard InChI is InChI=1S/C32H35NO5/c1-19(2)38-25-17-12-21(18-20(25)3)29(34)27-28(24-10-8-9-11-26(24)37-7)33(31(36)30(27)35)23-15-13-22(14-16-23)32(4,5)6/h8-19,28,34H,1-7H3/b29-27+. The van der Waals surface area contributed by atoms with Gasteiger partial charge in [0.25, 0.3) is 11.7 Å². The van der Waals surface area contributed by atoms with Gasteiger partial charge in [-0.3, -0.25) is 14.5 Å². The number of Topliss-reactive ketones (excluding diaryl/α,β-unsaturated/α-hetero) is 1. The van der Waals surface area contributed by atoms with E-state index >= 15 is 0 Å². The second-order valence-corrected chi connectivity index (χ2v) is 10.9. The van der Waals surface area contributed by atoms with Gasteiger partial charge in [0.15, 0.2) is 0 Å². The Bertz CT molecular complexity index is 1400. The van der Waals surface area contributed by atoms with Gasteiger partial charge in [0.1, 0.15) is 17.3 Å². The van der Waals surface area contributed by atoms with Crippen molar-refractivity contribution < 1.29 is 24.2 Å². The van der Waals surface area contributed by atoms with E-state index in [2.05, 4.69) is 20.8 Å². The lowest BCUT2D eigenvalue weighted by Crippen LogP contribution is -2.29. The maximum Gasteiger partial charge on any atom is 0.300 e. The van der Waals surface area contributed by atoms with Gasteiger partial charge in [0, 0.05) is 16.8 Å². The van der Waals surface area contributed by atoms with E-state index in [0.29, 0.717) is 28.3 Å². The Hall–Kier alpha value is -4.06. The molecule has 3 aromatic rings. The van der Waals surface area contributed by atoms with Crippen molar-refractivity contribution in [3.05, 3.63) is 94.6 Å². The van der Waals surface area contributed by atoms with Crippen LogP contribution in [0.4, 0.5) is 5.69 Å². The van der Waals surface area contributed by atoms with Crippen LogP contribution in [-0.2, 0) is 15.0 Å². The Kier molecular flexibility index (Phi) is 7.36. The van der Waals surface area contributed by atoms with E-state index in [4.69, 9.17) is 9.47 Å². The highest BCUT2D eigenvalue weighted by Crippen LogP contribution is 2.45. The molecule has 3 aromatic carbocycles. The number of carbonyl (C=O) groups is 2. The molecule has 0 bridgehead atoms. The first-order chi connectivity index (χ1) is 17.9. The number of anilines is 1. The van der Waals surface area contributed by atoms with Gasteiger partial charge >= 0.3 is 0 Å². The summed E-state index contributed by atoms with van der Waals surface area (Å²) in [7, 11) is 1.54. The molecule has 1 aliphatic rings. The fraction of sp³-hybridized carbons (Fsp3) is 0.312. The number of aliphatic hydroxyl groups excluding tert-OH is 1. The second kappa shape index (κ2) is 10.4. The first-order valence-corrected chi connectivity index (χ1v) is 12.8. The van der Waals surface area contributed by atoms with E-state index < -0.39 is 17.7 Å². The quantitative estimate of drug-likeness (QED) is 0.225. The number of para-hydroxylation sites is 1. The number of nitrogens with zero attached hydrogens (tertiary/aromatic N) is 1. The van der Waals surface area contributed by atoms with Gasteiger partial charge < -0.3 is 14.6 Å². The van der Waals surface area contributed by atoms with Gasteiger partial charge in [-0.25, -0.2) is 0 Å². The lowest BCUT2D eigenvalue weighted by molar-refractivity contribution is -0.132. The molecule has 0 saturated carbocycles. The highest BCUT2D eigenvalue weighted by molar-refractivity contribution is 6.51. The van der Waals surface area contributed by atoms with Gasteiger partial charge in [-0.1, -0.05) is 51.1 Å². The van der Waals surface area contributed by atoms with Crippen LogP contribution in [-0.4, -0.2) is 30.0 Å². The third-order valence-electron chi connectivity index (χ3n) is 6.70. The number of hydrogen-bond acceptors (Lipinski definition) is 5. The van der Waals surface area contributed by atoms with Crippen LogP contribution in [0.1, 0.15) is 62.9 Å². The molecule has 38 heavy (non-hydrogen) atoms. The van der Waals surface area contributed by atoms with Gasteiger partial charge in [0.2, 0.25) is 0 Å². The van der Waals surface area contributed by atoms with E-state index in [1.807, 2.05) is 63.2 Å². The van der Waals surface area contributed by atoms with Gasteiger partial charge in [-0.15, -0.1) is 0 Å². The van der Waals surface area contributed by atoms with Gasteiger partial charge in [-0.2, -0.15) is 0 Å². The minimum atomic E-state index is -0.876. The van der Waals surface area contributed by atoms with Crippen LogP contribution < -0.4 is 14.4 Å². The summed E-state index contributed by atoms with van der Waals surface area (Å²) >= 11 is 0. The predicted molar refractivity (Wildman–Crippen MR) is 150 cm³/mol. The zero-order valence-electron chi connectivity index (χ0n) is 23.0. The zero-order chi connectivity index (χ0) is 27.8. The third-order valence-corrected chi connectivity index (χ3v) is 6.70. The molecule has 1 fully saturated rings. The summed E-state index contributed by atoms with van der Waals surface area (Å²) in [5.41, 5.74) is 3.45. The summed E-state index contributed by atoms with van der Waals surface area (Å²) in [5, 5.41) is 11.5. The number of carbonyl (C=O) groups excluding carboxylic acids is 2. The maximum absolute atomic E-state index is 13.5. The normalized spacial score (nSPS) is 17.3. The number of benzene rings is 3. The highest BCUT2D eigenvalue weighted by atomic mass is 16.5. The SMILES string of the molecule is COc1ccccc1C1/C(=C(\O)c2ccc(OC(C)C)c(C)c2)C(=O)C(=O)N1c1ccc(C(C)(C)C)cc1. The number of aryl methyl sites for hydroxylation is 1. The molecular weight excluding hydrogens is 478 g/mol. The molecule has 6 heteroatoms. The van der Waals surface area contributed by atoms with Crippen molar-refractivity contribution in [1.82, 2.24) is 0 Å². The van der Waals surface area contributed by atoms with Crippen LogP contribution in [0, 0.1) is 6.92 Å². The molecule has 0 aliphatic carbocycles. The molecule has 1 saturated heterocycles. The first-order valence-electron chi connectivity index (χ1n) is 12.8. The van der Waals surface area contributed by atoms with Gasteiger partial charge in [-0.05, 0) is 73.7 Å². The Morgan fingerprint density at radius 3 is 2.18 bits per heavy atom. The minimum Gasteiger partial charge on any atom is -0.507 e. The Morgan fingerprint density at radius 1 is 0.947 bits per heavy atom. The molecule has 1 amide bonds. The van der Waals surface area contributed by atoms with Crippen LogP contribution in [0.25, 0.3) is 5.76 Å². The topological polar surface area (TPSA) is 76.1 Å². The lowest BCUT2D eigenvalue weighted by Gasteiger charge is -2.27. The Labute approximate surface area is 224 Å². The second-order valence-electron chi connectivity index (χ2n) is 10.9. The number of ether oxygens (including phenoxy) is 2. The van der Waals surface area contributed by atoms with Crippen molar-refractivity contribution in [3.8, 4) is 11.5 Å².